The third-order valence-corrected chi connectivity index (χ3v) is 6.51. The van der Waals surface area contributed by atoms with Gasteiger partial charge in [0.2, 0.25) is 5.91 Å². The zero-order valence-electron chi connectivity index (χ0n) is 16.3. The van der Waals surface area contributed by atoms with E-state index < -0.39 is 6.09 Å². The molecule has 1 N–H and O–H groups in total. The number of benzene rings is 2. The second-order valence-corrected chi connectivity index (χ2v) is 8.39. The van der Waals surface area contributed by atoms with Crippen LogP contribution in [0.1, 0.15) is 17.2 Å². The van der Waals surface area contributed by atoms with Crippen LogP contribution in [0.15, 0.2) is 60.7 Å². The molecular formula is C23H25N3O3. The van der Waals surface area contributed by atoms with E-state index in [1.165, 1.54) is 10.5 Å². The Balaban J connectivity index is 1.38. The number of nitrogens with one attached hydrogen (secondary N) is 1. The second-order valence-electron chi connectivity index (χ2n) is 8.39. The second kappa shape index (κ2) is 7.28. The van der Waals surface area contributed by atoms with Crippen LogP contribution in [0.3, 0.4) is 0 Å². The van der Waals surface area contributed by atoms with Crippen LogP contribution in [0.5, 0.6) is 0 Å². The number of amides is 2. The summed E-state index contributed by atoms with van der Waals surface area (Å²) in [7, 11) is 0. The topological polar surface area (TPSA) is 61.9 Å². The van der Waals surface area contributed by atoms with Crippen molar-refractivity contribution in [1.29, 1.82) is 0 Å². The monoisotopic (exact) mass is 391 g/mol. The van der Waals surface area contributed by atoms with Crippen LogP contribution in [0.4, 0.5) is 4.79 Å². The van der Waals surface area contributed by atoms with Gasteiger partial charge in [-0.15, -0.1) is 0 Å². The summed E-state index contributed by atoms with van der Waals surface area (Å²) in [6.45, 7) is 4.20. The fourth-order valence-corrected chi connectivity index (χ4v) is 4.93. The van der Waals surface area contributed by atoms with E-state index >= 15 is 0 Å². The van der Waals surface area contributed by atoms with Gasteiger partial charge in [-0.25, -0.2) is 9.69 Å². The van der Waals surface area contributed by atoms with Crippen molar-refractivity contribution in [2.75, 3.05) is 32.8 Å². The summed E-state index contributed by atoms with van der Waals surface area (Å²) in [5.74, 6) is -0.303. The fraction of sp³-hybridized carbons (Fsp3) is 0.391. The number of nitrogens with zero attached hydrogens (tertiary/aromatic N) is 2. The predicted octanol–water partition coefficient (Wildman–Crippen LogP) is 2.43. The zero-order valence-corrected chi connectivity index (χ0v) is 16.3. The molecule has 2 aromatic carbocycles. The van der Waals surface area contributed by atoms with Crippen molar-refractivity contribution >= 4 is 12.0 Å². The smallest absolute Gasteiger partial charge is 0.417 e. The Bertz CT molecular complexity index is 898. The Labute approximate surface area is 170 Å². The van der Waals surface area contributed by atoms with Crippen molar-refractivity contribution in [3.63, 3.8) is 0 Å². The van der Waals surface area contributed by atoms with E-state index in [9.17, 15) is 9.59 Å². The first-order valence-electron chi connectivity index (χ1n) is 10.2. The van der Waals surface area contributed by atoms with Gasteiger partial charge in [-0.3, -0.25) is 9.69 Å². The Hall–Kier alpha value is -2.70. The van der Waals surface area contributed by atoms with Crippen LogP contribution in [0.2, 0.25) is 0 Å². The SMILES string of the molecule is O=C1OC[C@@H](c2ccccc2)N1C(=O)[C@H]1CN(Cc2ccccc2)CC12CNC2. The Kier molecular flexibility index (Phi) is 4.60. The third-order valence-electron chi connectivity index (χ3n) is 6.51. The van der Waals surface area contributed by atoms with Gasteiger partial charge in [-0.1, -0.05) is 60.7 Å². The Morgan fingerprint density at radius 2 is 1.76 bits per heavy atom. The number of hydrogen-bond donors (Lipinski definition) is 1. The zero-order chi connectivity index (χ0) is 19.8. The van der Waals surface area contributed by atoms with Crippen LogP contribution in [-0.2, 0) is 16.1 Å². The molecule has 6 nitrogen and oxygen atoms in total. The molecule has 0 unspecified atom stereocenters. The van der Waals surface area contributed by atoms with Crippen LogP contribution < -0.4 is 5.32 Å². The lowest BCUT2D eigenvalue weighted by Crippen LogP contribution is -2.61. The number of cyclic esters (lactones) is 1. The molecule has 3 aliphatic rings. The van der Waals surface area contributed by atoms with Gasteiger partial charge in [0.1, 0.15) is 12.6 Å². The summed E-state index contributed by atoms with van der Waals surface area (Å²) in [5.41, 5.74) is 2.08. The van der Waals surface area contributed by atoms with Crippen molar-refractivity contribution in [1.82, 2.24) is 15.1 Å². The molecule has 3 fully saturated rings. The summed E-state index contributed by atoms with van der Waals surface area (Å²) >= 11 is 0. The minimum Gasteiger partial charge on any atom is -0.446 e. The van der Waals surface area contributed by atoms with Crippen LogP contribution in [0.25, 0.3) is 0 Å². The lowest BCUT2D eigenvalue weighted by molar-refractivity contribution is -0.137. The molecule has 2 amide bonds. The van der Waals surface area contributed by atoms with Crippen molar-refractivity contribution in [2.24, 2.45) is 11.3 Å². The number of carbonyl (C=O) groups excluding carboxylic acids is 2. The molecule has 29 heavy (non-hydrogen) atoms. The molecule has 6 heteroatoms. The fourth-order valence-electron chi connectivity index (χ4n) is 4.93. The minimum absolute atomic E-state index is 0.0987. The highest BCUT2D eigenvalue weighted by atomic mass is 16.6. The molecular weight excluding hydrogens is 366 g/mol. The lowest BCUT2D eigenvalue weighted by atomic mass is 9.72. The standard InChI is InChI=1S/C23H25N3O3/c27-21(26-20(13-29-22(26)28)18-9-5-2-6-10-18)19-12-25(16-23(19)14-24-15-23)11-17-7-3-1-4-8-17/h1-10,19-20,24H,11-16H2/t19-,20+/m1/s1. The number of rotatable bonds is 4. The molecule has 0 bridgehead atoms. The highest BCUT2D eigenvalue weighted by molar-refractivity contribution is 5.95. The summed E-state index contributed by atoms with van der Waals surface area (Å²) in [4.78, 5) is 29.8. The number of carbonyl (C=O) groups is 2. The summed E-state index contributed by atoms with van der Waals surface area (Å²) in [6, 6.07) is 19.7. The first-order valence-corrected chi connectivity index (χ1v) is 10.2. The molecule has 3 saturated heterocycles. The van der Waals surface area contributed by atoms with Gasteiger partial charge in [0.25, 0.3) is 0 Å². The third kappa shape index (κ3) is 3.22. The van der Waals surface area contributed by atoms with E-state index in [0.717, 1.165) is 31.7 Å². The molecule has 0 radical (unpaired) electrons. The van der Waals surface area contributed by atoms with Gasteiger partial charge < -0.3 is 10.1 Å². The summed E-state index contributed by atoms with van der Waals surface area (Å²) in [6.07, 6.45) is -0.521. The van der Waals surface area contributed by atoms with Gasteiger partial charge >= 0.3 is 6.09 Å². The lowest BCUT2D eigenvalue weighted by Gasteiger charge is -2.43. The number of likely N-dealkylation sites (tertiary alicyclic amines) is 1. The van der Waals surface area contributed by atoms with Gasteiger partial charge in [-0.05, 0) is 11.1 Å². The first-order chi connectivity index (χ1) is 14.2. The Morgan fingerprint density at radius 3 is 2.41 bits per heavy atom. The van der Waals surface area contributed by atoms with Gasteiger partial charge in [-0.2, -0.15) is 0 Å². The van der Waals surface area contributed by atoms with Crippen LogP contribution in [0, 0.1) is 11.3 Å². The number of imide groups is 1. The highest BCUT2D eigenvalue weighted by Crippen LogP contribution is 2.43. The van der Waals surface area contributed by atoms with E-state index in [-0.39, 0.29) is 29.9 Å². The summed E-state index contributed by atoms with van der Waals surface area (Å²) in [5, 5.41) is 3.34. The van der Waals surface area contributed by atoms with Crippen molar-refractivity contribution in [3.8, 4) is 0 Å². The van der Waals surface area contributed by atoms with E-state index in [1.807, 2.05) is 48.5 Å². The normalized spacial score (nSPS) is 25.8. The average molecular weight is 391 g/mol. The summed E-state index contributed by atoms with van der Waals surface area (Å²) < 4.78 is 5.29. The highest BCUT2D eigenvalue weighted by Gasteiger charge is 2.56. The largest absolute Gasteiger partial charge is 0.446 e. The maximum atomic E-state index is 13.6. The van der Waals surface area contributed by atoms with Gasteiger partial charge in [0.15, 0.2) is 0 Å². The van der Waals surface area contributed by atoms with E-state index in [2.05, 4.69) is 22.3 Å². The maximum absolute atomic E-state index is 13.6. The van der Waals surface area contributed by atoms with Crippen LogP contribution in [-0.4, -0.2) is 54.6 Å². The maximum Gasteiger partial charge on any atom is 0.417 e. The van der Waals surface area contributed by atoms with E-state index in [0.29, 0.717) is 6.54 Å². The quantitative estimate of drug-likeness (QED) is 0.867. The molecule has 150 valence electrons. The molecule has 2 atom stereocenters. The van der Waals surface area contributed by atoms with E-state index in [4.69, 9.17) is 4.74 Å². The molecule has 3 aliphatic heterocycles. The van der Waals surface area contributed by atoms with Gasteiger partial charge in [0, 0.05) is 38.1 Å². The first kappa shape index (κ1) is 18.3. The molecule has 1 spiro atoms. The minimum atomic E-state index is -0.521. The molecule has 5 rings (SSSR count). The van der Waals surface area contributed by atoms with E-state index in [1.54, 1.807) is 0 Å². The van der Waals surface area contributed by atoms with Crippen molar-refractivity contribution in [2.45, 2.75) is 12.6 Å². The van der Waals surface area contributed by atoms with Crippen LogP contribution >= 0.6 is 0 Å². The molecule has 0 saturated carbocycles. The predicted molar refractivity (Wildman–Crippen MR) is 108 cm³/mol. The van der Waals surface area contributed by atoms with Crippen molar-refractivity contribution < 1.29 is 14.3 Å². The molecule has 3 heterocycles. The molecule has 0 aromatic heterocycles. The number of hydrogen-bond acceptors (Lipinski definition) is 5. The van der Waals surface area contributed by atoms with Crippen molar-refractivity contribution in [3.05, 3.63) is 71.8 Å². The average Bonchev–Trinajstić information content (AvgIpc) is 3.30. The number of ether oxygens (including phenoxy) is 1. The molecule has 2 aromatic rings. The Morgan fingerprint density at radius 1 is 1.07 bits per heavy atom. The molecule has 0 aliphatic carbocycles. The van der Waals surface area contributed by atoms with Gasteiger partial charge in [0.05, 0.1) is 5.92 Å².